The van der Waals surface area contributed by atoms with Gasteiger partial charge in [-0.2, -0.15) is 9.97 Å². The monoisotopic (exact) mass is 612 g/mol. The van der Waals surface area contributed by atoms with Crippen LogP contribution in [0.1, 0.15) is 44.2 Å². The largest absolute Gasteiger partial charge is 0.508 e. The number of fused-ring (bicyclic) bond motifs is 5. The molecule has 0 radical (unpaired) electrons. The second kappa shape index (κ2) is 11.2. The van der Waals surface area contributed by atoms with Crippen molar-refractivity contribution < 1.29 is 9.84 Å². The summed E-state index contributed by atoms with van der Waals surface area (Å²) < 4.78 is 6.59. The molecule has 8 nitrogen and oxygen atoms in total. The summed E-state index contributed by atoms with van der Waals surface area (Å²) in [6.45, 7) is 5.71. The van der Waals surface area contributed by atoms with E-state index < -0.39 is 0 Å². The standard InChI is InChI=1S/C38H40N6O2/c45-31-19-26-7-1-2-9-32(26)34(21-31)27-10-13-33-35(20-27)40-37(46-25-38-14-5-17-43(38)18-6-15-38)41-36(33)42-23-29-11-12-30(24-42)44(29)22-28-8-3-4-16-39-28/h1-4,7-10,13,16,19-21,29-30,45H,5-6,11-12,14-15,17-18,22-25H2. The van der Waals surface area contributed by atoms with Gasteiger partial charge in [-0.1, -0.05) is 36.4 Å². The van der Waals surface area contributed by atoms with Crippen molar-refractivity contribution >= 4 is 27.5 Å². The predicted molar refractivity (Wildman–Crippen MR) is 181 cm³/mol. The van der Waals surface area contributed by atoms with Gasteiger partial charge in [0.2, 0.25) is 0 Å². The normalized spacial score (nSPS) is 22.6. The van der Waals surface area contributed by atoms with Crippen molar-refractivity contribution in [3.05, 3.63) is 84.7 Å². The number of hydrogen-bond donors (Lipinski definition) is 1. The summed E-state index contributed by atoms with van der Waals surface area (Å²) in [6, 6.07) is 25.9. The lowest BCUT2D eigenvalue weighted by Gasteiger charge is -2.41. The second-order valence-corrected chi connectivity index (χ2v) is 13.8. The van der Waals surface area contributed by atoms with Crippen molar-refractivity contribution in [2.45, 2.75) is 62.7 Å². The Bertz CT molecular complexity index is 1890. The Labute approximate surface area is 269 Å². The minimum atomic E-state index is 0.122. The Morgan fingerprint density at radius 2 is 1.65 bits per heavy atom. The molecule has 4 saturated heterocycles. The van der Waals surface area contributed by atoms with Crippen LogP contribution in [0.4, 0.5) is 5.82 Å². The van der Waals surface area contributed by atoms with Gasteiger partial charge in [-0.3, -0.25) is 14.8 Å². The van der Waals surface area contributed by atoms with E-state index in [0.29, 0.717) is 24.7 Å². The molecular weight excluding hydrogens is 572 g/mol. The molecule has 234 valence electrons. The maximum atomic E-state index is 10.6. The van der Waals surface area contributed by atoms with E-state index in [1.807, 2.05) is 42.6 Å². The maximum Gasteiger partial charge on any atom is 0.319 e. The van der Waals surface area contributed by atoms with Gasteiger partial charge in [0.15, 0.2) is 0 Å². The third-order valence-electron chi connectivity index (χ3n) is 11.1. The summed E-state index contributed by atoms with van der Waals surface area (Å²) in [7, 11) is 0. The van der Waals surface area contributed by atoms with Crippen LogP contribution in [0.3, 0.4) is 0 Å². The predicted octanol–water partition coefficient (Wildman–Crippen LogP) is 6.41. The Balaban J connectivity index is 1.09. The van der Waals surface area contributed by atoms with Crippen molar-refractivity contribution in [3.63, 3.8) is 0 Å². The zero-order chi connectivity index (χ0) is 30.7. The molecule has 4 aliphatic rings. The molecular formula is C38H40N6O2. The molecule has 8 heteroatoms. The number of benzene rings is 3. The first-order valence-corrected chi connectivity index (χ1v) is 16.9. The number of hydrogen-bond acceptors (Lipinski definition) is 8. The second-order valence-electron chi connectivity index (χ2n) is 13.8. The zero-order valence-electron chi connectivity index (χ0n) is 26.2. The molecule has 4 aliphatic heterocycles. The number of ether oxygens (including phenoxy) is 1. The van der Waals surface area contributed by atoms with Gasteiger partial charge in [0, 0.05) is 43.3 Å². The van der Waals surface area contributed by atoms with Crippen LogP contribution in [0.2, 0.25) is 0 Å². The summed E-state index contributed by atoms with van der Waals surface area (Å²) in [6.07, 6.45) is 9.11. The van der Waals surface area contributed by atoms with Gasteiger partial charge in [0.25, 0.3) is 0 Å². The van der Waals surface area contributed by atoms with Crippen LogP contribution < -0.4 is 9.64 Å². The van der Waals surface area contributed by atoms with Crippen molar-refractivity contribution in [1.82, 2.24) is 24.8 Å². The topological polar surface area (TPSA) is 77.8 Å². The van der Waals surface area contributed by atoms with Crippen LogP contribution in [0.5, 0.6) is 11.8 Å². The fraction of sp³-hybridized carbons (Fsp3) is 0.395. The Morgan fingerprint density at radius 3 is 2.46 bits per heavy atom. The van der Waals surface area contributed by atoms with E-state index in [2.05, 4.69) is 56.1 Å². The van der Waals surface area contributed by atoms with Crippen LogP contribution in [0, 0.1) is 0 Å². The number of phenolic OH excluding ortho intramolecular Hbond substituents is 1. The molecule has 3 aromatic carbocycles. The summed E-state index contributed by atoms with van der Waals surface area (Å²) in [5.41, 5.74) is 4.15. The molecule has 6 heterocycles. The average molecular weight is 613 g/mol. The number of piperazine rings is 1. The molecule has 0 amide bonds. The highest BCUT2D eigenvalue weighted by atomic mass is 16.5. The molecule has 2 aromatic heterocycles. The molecule has 2 bridgehead atoms. The minimum Gasteiger partial charge on any atom is -0.508 e. The van der Waals surface area contributed by atoms with Gasteiger partial charge in [-0.05, 0) is 110 Å². The van der Waals surface area contributed by atoms with Crippen molar-refractivity contribution in [3.8, 4) is 22.9 Å². The number of anilines is 1. The molecule has 5 aromatic rings. The van der Waals surface area contributed by atoms with Crippen LogP contribution in [0.15, 0.2) is 79.0 Å². The van der Waals surface area contributed by atoms with E-state index in [9.17, 15) is 5.11 Å². The van der Waals surface area contributed by atoms with Gasteiger partial charge in [-0.25, -0.2) is 0 Å². The van der Waals surface area contributed by atoms with Crippen molar-refractivity contribution in [1.29, 1.82) is 0 Å². The quantitative estimate of drug-likeness (QED) is 0.226. The average Bonchev–Trinajstić information content (AvgIpc) is 3.73. The van der Waals surface area contributed by atoms with E-state index in [4.69, 9.17) is 14.7 Å². The first-order valence-electron chi connectivity index (χ1n) is 16.9. The molecule has 1 N–H and O–H groups in total. The number of aromatic nitrogens is 3. The van der Waals surface area contributed by atoms with Gasteiger partial charge < -0.3 is 14.7 Å². The lowest BCUT2D eigenvalue weighted by atomic mass is 9.95. The zero-order valence-corrected chi connectivity index (χ0v) is 26.2. The molecule has 2 unspecified atom stereocenters. The van der Waals surface area contributed by atoms with E-state index >= 15 is 0 Å². The van der Waals surface area contributed by atoms with E-state index in [0.717, 1.165) is 63.9 Å². The molecule has 2 atom stereocenters. The highest BCUT2D eigenvalue weighted by molar-refractivity contribution is 6.01. The van der Waals surface area contributed by atoms with E-state index in [-0.39, 0.29) is 11.3 Å². The number of rotatable bonds is 7. The number of pyridine rings is 1. The van der Waals surface area contributed by atoms with Gasteiger partial charge in [0.05, 0.1) is 16.7 Å². The molecule has 9 rings (SSSR count). The van der Waals surface area contributed by atoms with Crippen LogP contribution in [0.25, 0.3) is 32.8 Å². The number of phenols is 1. The highest BCUT2D eigenvalue weighted by Gasteiger charge is 2.45. The third-order valence-corrected chi connectivity index (χ3v) is 11.1. The van der Waals surface area contributed by atoms with Crippen molar-refractivity contribution in [2.75, 3.05) is 37.7 Å². The smallest absolute Gasteiger partial charge is 0.319 e. The summed E-state index contributed by atoms with van der Waals surface area (Å²) in [5, 5.41) is 13.8. The van der Waals surface area contributed by atoms with Crippen LogP contribution in [-0.2, 0) is 6.54 Å². The first kappa shape index (κ1) is 28.0. The van der Waals surface area contributed by atoms with E-state index in [1.165, 1.54) is 51.6 Å². The number of aromatic hydroxyl groups is 1. The van der Waals surface area contributed by atoms with Crippen LogP contribution in [-0.4, -0.2) is 80.3 Å². The molecule has 0 spiro atoms. The van der Waals surface area contributed by atoms with Crippen molar-refractivity contribution in [2.24, 2.45) is 0 Å². The van der Waals surface area contributed by atoms with Gasteiger partial charge in [0.1, 0.15) is 18.2 Å². The molecule has 46 heavy (non-hydrogen) atoms. The Hall–Kier alpha value is -4.27. The first-order chi connectivity index (χ1) is 22.6. The fourth-order valence-electron chi connectivity index (χ4n) is 8.86. The molecule has 0 saturated carbocycles. The Morgan fingerprint density at radius 1 is 0.848 bits per heavy atom. The summed E-state index contributed by atoms with van der Waals surface area (Å²) in [4.78, 5) is 22.6. The SMILES string of the molecule is Oc1cc(-c2ccc3c(N4CC5CCC(C4)N5Cc4ccccn4)nc(OCC45CCCN4CCC5)nc3c2)c2ccccc2c1. The molecule has 4 fully saturated rings. The minimum absolute atomic E-state index is 0.122. The molecule has 0 aliphatic carbocycles. The lowest BCUT2D eigenvalue weighted by Crippen LogP contribution is -2.53. The maximum absolute atomic E-state index is 10.6. The number of nitrogens with zero attached hydrogens (tertiary/aromatic N) is 6. The lowest BCUT2D eigenvalue weighted by molar-refractivity contribution is 0.107. The summed E-state index contributed by atoms with van der Waals surface area (Å²) in [5.74, 6) is 1.23. The van der Waals surface area contributed by atoms with E-state index in [1.54, 1.807) is 0 Å². The Kier molecular flexibility index (Phi) is 6.82. The summed E-state index contributed by atoms with van der Waals surface area (Å²) >= 11 is 0. The third kappa shape index (κ3) is 4.86. The fourth-order valence-corrected chi connectivity index (χ4v) is 8.86. The van der Waals surface area contributed by atoms with Crippen LogP contribution >= 0.6 is 0 Å². The highest BCUT2D eigenvalue weighted by Crippen LogP contribution is 2.41. The van der Waals surface area contributed by atoms with Gasteiger partial charge in [-0.15, -0.1) is 0 Å². The van der Waals surface area contributed by atoms with Gasteiger partial charge >= 0.3 is 6.01 Å².